The van der Waals surface area contributed by atoms with Crippen LogP contribution in [-0.4, -0.2) is 53.6 Å². The number of carbonyl (C=O) groups is 1. The molecule has 0 saturated carbocycles. The van der Waals surface area contributed by atoms with Crippen LogP contribution in [0.4, 0.5) is 30.2 Å². The van der Waals surface area contributed by atoms with E-state index >= 15 is 0 Å². The number of aliphatic hydroxyl groups is 1. The van der Waals surface area contributed by atoms with Crippen molar-refractivity contribution in [1.82, 2.24) is 9.88 Å². The first-order valence-electron chi connectivity index (χ1n) is 13.0. The van der Waals surface area contributed by atoms with Crippen LogP contribution in [0.1, 0.15) is 25.0 Å². The Morgan fingerprint density at radius 2 is 1.71 bits per heavy atom. The van der Waals surface area contributed by atoms with Gasteiger partial charge in [0.2, 0.25) is 11.8 Å². The first-order valence-corrected chi connectivity index (χ1v) is 13.0. The molecular weight excluding hydrogens is 535 g/mol. The van der Waals surface area contributed by atoms with Gasteiger partial charge in [-0.05, 0) is 74.5 Å². The molecule has 1 aliphatic rings. The fraction of sp³-hybridized carbons (Fsp3) is 0.300. The molecule has 0 spiro atoms. The topological polar surface area (TPSA) is 86.2 Å². The number of anilines is 2. The first-order chi connectivity index (χ1) is 19.4. The number of benzene rings is 3. The quantitative estimate of drug-likeness (QED) is 0.278. The average molecular weight is 564 g/mol. The maximum absolute atomic E-state index is 12.8. The van der Waals surface area contributed by atoms with Crippen LogP contribution in [-0.2, 0) is 16.6 Å². The molecule has 5 rings (SSSR count). The molecular formula is C30H28F3N5O3. The van der Waals surface area contributed by atoms with Gasteiger partial charge in [-0.3, -0.25) is 9.69 Å². The Bertz CT molecular complexity index is 1590. The summed E-state index contributed by atoms with van der Waals surface area (Å²) in [6, 6.07) is 15.4. The Balaban J connectivity index is 1.18. The summed E-state index contributed by atoms with van der Waals surface area (Å²) in [5, 5.41) is 13.4. The maximum atomic E-state index is 12.8. The number of nitrogens with one attached hydrogen (secondary N) is 1. The van der Waals surface area contributed by atoms with Crippen LogP contribution in [0, 0.1) is 6.57 Å². The second-order valence-corrected chi connectivity index (χ2v) is 10.5. The molecule has 0 atom stereocenters. The van der Waals surface area contributed by atoms with Gasteiger partial charge in [0.1, 0.15) is 0 Å². The van der Waals surface area contributed by atoms with E-state index in [1.165, 1.54) is 12.1 Å². The average Bonchev–Trinajstić information content (AvgIpc) is 3.36. The highest BCUT2D eigenvalue weighted by Gasteiger charge is 2.30. The number of hydrogen-bond acceptors (Lipinski definition) is 6. The third-order valence-electron chi connectivity index (χ3n) is 6.98. The van der Waals surface area contributed by atoms with Crippen LogP contribution in [0.5, 0.6) is 0 Å². The van der Waals surface area contributed by atoms with Gasteiger partial charge in [-0.1, -0.05) is 0 Å². The summed E-state index contributed by atoms with van der Waals surface area (Å²) >= 11 is 0. The van der Waals surface area contributed by atoms with Crippen molar-refractivity contribution in [2.75, 3.05) is 42.9 Å². The Morgan fingerprint density at radius 1 is 1.05 bits per heavy atom. The summed E-state index contributed by atoms with van der Waals surface area (Å²) in [7, 11) is 0. The summed E-state index contributed by atoms with van der Waals surface area (Å²) in [6.07, 6.45) is -4.36. The van der Waals surface area contributed by atoms with Crippen LogP contribution >= 0.6 is 0 Å². The molecule has 8 nitrogen and oxygen atoms in total. The van der Waals surface area contributed by atoms with E-state index in [4.69, 9.17) is 11.0 Å². The van der Waals surface area contributed by atoms with Crippen LogP contribution in [0.2, 0.25) is 0 Å². The molecule has 41 heavy (non-hydrogen) atoms. The van der Waals surface area contributed by atoms with E-state index < -0.39 is 17.3 Å². The zero-order valence-electron chi connectivity index (χ0n) is 22.5. The number of halogens is 3. The van der Waals surface area contributed by atoms with Crippen LogP contribution in [0.15, 0.2) is 65.1 Å². The molecule has 2 N–H and O–H groups in total. The van der Waals surface area contributed by atoms with Crippen molar-refractivity contribution in [3.63, 3.8) is 0 Å². The van der Waals surface area contributed by atoms with E-state index in [9.17, 15) is 23.1 Å². The highest BCUT2D eigenvalue weighted by molar-refractivity contribution is 5.92. The second kappa shape index (κ2) is 10.9. The predicted molar refractivity (Wildman–Crippen MR) is 150 cm³/mol. The largest absolute Gasteiger partial charge is 0.436 e. The Kier molecular flexibility index (Phi) is 7.46. The zero-order chi connectivity index (χ0) is 29.4. The number of oxazole rings is 1. The minimum absolute atomic E-state index is 0.177. The van der Waals surface area contributed by atoms with Crippen molar-refractivity contribution in [1.29, 1.82) is 0 Å². The third-order valence-corrected chi connectivity index (χ3v) is 6.98. The SMILES string of the molecule is [C-]#[N+]c1cc(C(C)(C)O)c2oc(-c3ccc(NC(=O)CN4CCN(c5ccc(C(F)(F)F)cc5)CC4)cc3)nc2c1. The molecule has 0 unspecified atom stereocenters. The monoisotopic (exact) mass is 563 g/mol. The number of alkyl halides is 3. The van der Waals surface area contributed by atoms with Gasteiger partial charge < -0.3 is 19.7 Å². The van der Waals surface area contributed by atoms with Crippen molar-refractivity contribution in [2.24, 2.45) is 0 Å². The number of rotatable bonds is 6. The number of carbonyl (C=O) groups excluding carboxylic acids is 1. The molecule has 3 aromatic carbocycles. The molecule has 1 aliphatic heterocycles. The van der Waals surface area contributed by atoms with E-state index in [0.717, 1.165) is 17.8 Å². The lowest BCUT2D eigenvalue weighted by atomic mass is 9.97. The van der Waals surface area contributed by atoms with Gasteiger partial charge in [0.05, 0.1) is 29.8 Å². The van der Waals surface area contributed by atoms with Crippen molar-refractivity contribution in [3.05, 3.63) is 83.2 Å². The summed E-state index contributed by atoms with van der Waals surface area (Å²) in [6.45, 7) is 13.2. The Labute approximate surface area is 234 Å². The van der Waals surface area contributed by atoms with E-state index in [2.05, 4.69) is 15.1 Å². The summed E-state index contributed by atoms with van der Waals surface area (Å²) in [4.78, 5) is 24.7. The fourth-order valence-electron chi connectivity index (χ4n) is 4.79. The van der Waals surface area contributed by atoms with Gasteiger partial charge in [0.25, 0.3) is 0 Å². The van der Waals surface area contributed by atoms with E-state index in [0.29, 0.717) is 65.7 Å². The van der Waals surface area contributed by atoms with Gasteiger partial charge in [-0.25, -0.2) is 9.83 Å². The molecule has 1 amide bonds. The van der Waals surface area contributed by atoms with Crippen molar-refractivity contribution < 1.29 is 27.5 Å². The normalized spacial score (nSPS) is 14.7. The molecule has 1 saturated heterocycles. The van der Waals surface area contributed by atoms with Crippen molar-refractivity contribution in [3.8, 4) is 11.5 Å². The molecule has 11 heteroatoms. The molecule has 0 aliphatic carbocycles. The lowest BCUT2D eigenvalue weighted by molar-refractivity contribution is -0.137. The number of fused-ring (bicyclic) bond motifs is 1. The van der Waals surface area contributed by atoms with Gasteiger partial charge in [0.15, 0.2) is 11.3 Å². The van der Waals surface area contributed by atoms with E-state index in [1.807, 2.05) is 9.80 Å². The lowest BCUT2D eigenvalue weighted by Gasteiger charge is -2.35. The number of amides is 1. The molecule has 4 aromatic rings. The summed E-state index contributed by atoms with van der Waals surface area (Å²) in [5.74, 6) is 0.153. The minimum Gasteiger partial charge on any atom is -0.436 e. The van der Waals surface area contributed by atoms with E-state index in [-0.39, 0.29) is 12.5 Å². The predicted octanol–water partition coefficient (Wildman–Crippen LogP) is 6.05. The van der Waals surface area contributed by atoms with E-state index in [1.54, 1.807) is 50.2 Å². The summed E-state index contributed by atoms with van der Waals surface area (Å²) in [5.41, 5.74) is 1.82. The van der Waals surface area contributed by atoms with Gasteiger partial charge in [-0.2, -0.15) is 13.2 Å². The number of nitrogens with zero attached hydrogens (tertiary/aromatic N) is 4. The van der Waals surface area contributed by atoms with Gasteiger partial charge >= 0.3 is 6.18 Å². The van der Waals surface area contributed by atoms with Gasteiger partial charge in [-0.15, -0.1) is 0 Å². The van der Waals surface area contributed by atoms with Crippen LogP contribution < -0.4 is 10.2 Å². The fourth-order valence-corrected chi connectivity index (χ4v) is 4.79. The molecule has 2 heterocycles. The first kappa shape index (κ1) is 28.1. The molecule has 212 valence electrons. The lowest BCUT2D eigenvalue weighted by Crippen LogP contribution is -2.48. The highest BCUT2D eigenvalue weighted by atomic mass is 19.4. The molecule has 0 radical (unpaired) electrons. The number of piperazine rings is 1. The number of aromatic nitrogens is 1. The minimum atomic E-state index is -4.36. The third kappa shape index (κ3) is 6.34. The van der Waals surface area contributed by atoms with Crippen LogP contribution in [0.25, 0.3) is 27.4 Å². The van der Waals surface area contributed by atoms with Gasteiger partial charge in [0, 0.05) is 48.7 Å². The molecule has 0 bridgehead atoms. The molecule has 1 aromatic heterocycles. The van der Waals surface area contributed by atoms with Crippen molar-refractivity contribution >= 4 is 34.1 Å². The smallest absolute Gasteiger partial charge is 0.416 e. The maximum Gasteiger partial charge on any atom is 0.416 e. The van der Waals surface area contributed by atoms with Crippen LogP contribution in [0.3, 0.4) is 0 Å². The summed E-state index contributed by atoms with van der Waals surface area (Å²) < 4.78 is 44.4. The standard InChI is InChI=1S/C30H28F3N5O3/c1-29(2,40)24-16-22(34-3)17-25-27(24)41-28(36-25)19-4-8-21(9-5-19)35-26(39)18-37-12-14-38(15-13-37)23-10-6-20(7-11-23)30(31,32)33/h4-11,16-17,40H,12-15,18H2,1-2H3,(H,35,39). The Hall–Kier alpha value is -4.40. The number of hydrogen-bond donors (Lipinski definition) is 2. The Morgan fingerprint density at radius 3 is 2.29 bits per heavy atom. The zero-order valence-corrected chi connectivity index (χ0v) is 22.5. The van der Waals surface area contributed by atoms with Crippen molar-refractivity contribution in [2.45, 2.75) is 25.6 Å². The highest BCUT2D eigenvalue weighted by Crippen LogP contribution is 2.36. The second-order valence-electron chi connectivity index (χ2n) is 10.5. The molecule has 1 fully saturated rings.